The number of nitrogens with two attached hydrogens (primary N) is 1. The van der Waals surface area contributed by atoms with Gasteiger partial charge in [0.25, 0.3) is 21.9 Å². The first-order valence-corrected chi connectivity index (χ1v) is 5.04. The van der Waals surface area contributed by atoms with Crippen LogP contribution in [0.15, 0.2) is 0 Å². The molecule has 1 unspecified atom stereocenters. The SMILES string of the molecule is NC(=O)ON1C(=O)CC(S(=O)(=O)O)C1=O. The fourth-order valence-electron chi connectivity index (χ4n) is 1.00. The molecule has 84 valence electrons. The molecule has 1 saturated heterocycles. The molecule has 1 aliphatic heterocycles. The van der Waals surface area contributed by atoms with Crippen molar-refractivity contribution in [3.63, 3.8) is 0 Å². The molecule has 0 aromatic carbocycles. The third-order valence-corrected chi connectivity index (χ3v) is 2.69. The number of hydrogen-bond donors (Lipinski definition) is 2. The minimum Gasteiger partial charge on any atom is -0.333 e. The van der Waals surface area contributed by atoms with Crippen LogP contribution in [0.1, 0.15) is 6.42 Å². The Balaban J connectivity index is 2.94. The van der Waals surface area contributed by atoms with Crippen LogP contribution in [0.25, 0.3) is 0 Å². The van der Waals surface area contributed by atoms with Gasteiger partial charge in [-0.15, -0.1) is 0 Å². The van der Waals surface area contributed by atoms with Gasteiger partial charge in [0, 0.05) is 0 Å². The molecule has 0 aromatic heterocycles. The Hall–Kier alpha value is -1.68. The summed E-state index contributed by atoms with van der Waals surface area (Å²) in [7, 11) is -4.70. The molecule has 0 bridgehead atoms. The molecule has 1 rings (SSSR count). The average Bonchev–Trinajstić information content (AvgIpc) is 2.30. The molecule has 0 saturated carbocycles. The summed E-state index contributed by atoms with van der Waals surface area (Å²) < 4.78 is 29.8. The summed E-state index contributed by atoms with van der Waals surface area (Å²) in [5.74, 6) is -2.41. The molecule has 0 radical (unpaired) electrons. The molecule has 1 heterocycles. The quantitative estimate of drug-likeness (QED) is 0.418. The van der Waals surface area contributed by atoms with Crippen LogP contribution in [-0.4, -0.2) is 41.2 Å². The molecule has 15 heavy (non-hydrogen) atoms. The average molecular weight is 238 g/mol. The molecule has 1 fully saturated rings. The number of hydrogen-bond acceptors (Lipinski definition) is 6. The summed E-state index contributed by atoms with van der Waals surface area (Å²) in [6.07, 6.45) is -2.22. The van der Waals surface area contributed by atoms with Gasteiger partial charge in [-0.2, -0.15) is 8.42 Å². The van der Waals surface area contributed by atoms with Gasteiger partial charge in [-0.25, -0.2) is 4.79 Å². The lowest BCUT2D eigenvalue weighted by Crippen LogP contribution is -2.38. The van der Waals surface area contributed by atoms with E-state index in [4.69, 9.17) is 4.55 Å². The number of hydroxylamine groups is 2. The standard InChI is InChI=1S/C5H6N2O7S/c6-5(10)14-7-3(8)1-2(4(7)9)15(11,12)13/h2H,1H2,(H2,6,10)(H,11,12,13). The minimum atomic E-state index is -4.70. The lowest BCUT2D eigenvalue weighted by Gasteiger charge is -2.10. The van der Waals surface area contributed by atoms with Gasteiger partial charge in [-0.05, 0) is 0 Å². The van der Waals surface area contributed by atoms with E-state index in [-0.39, 0.29) is 5.06 Å². The molecular formula is C5H6N2O7S. The van der Waals surface area contributed by atoms with Crippen molar-refractivity contribution in [3.05, 3.63) is 0 Å². The first-order chi connectivity index (χ1) is 6.73. The third-order valence-electron chi connectivity index (χ3n) is 1.60. The van der Waals surface area contributed by atoms with Gasteiger partial charge in [0.1, 0.15) is 0 Å². The predicted molar refractivity (Wildman–Crippen MR) is 42.5 cm³/mol. The molecule has 9 nitrogen and oxygen atoms in total. The highest BCUT2D eigenvalue weighted by atomic mass is 32.2. The molecular weight excluding hydrogens is 232 g/mol. The van der Waals surface area contributed by atoms with E-state index in [0.717, 1.165) is 0 Å². The first kappa shape index (κ1) is 11.4. The Kier molecular flexibility index (Phi) is 2.64. The van der Waals surface area contributed by atoms with Crippen LogP contribution >= 0.6 is 0 Å². The minimum absolute atomic E-state index is 0.0826. The van der Waals surface area contributed by atoms with Crippen LogP contribution in [0.4, 0.5) is 4.79 Å². The van der Waals surface area contributed by atoms with Crippen LogP contribution < -0.4 is 5.73 Å². The van der Waals surface area contributed by atoms with E-state index in [2.05, 4.69) is 10.6 Å². The van der Waals surface area contributed by atoms with Crippen LogP contribution in [0.3, 0.4) is 0 Å². The highest BCUT2D eigenvalue weighted by molar-refractivity contribution is 7.87. The van der Waals surface area contributed by atoms with Crippen molar-refractivity contribution in [1.29, 1.82) is 0 Å². The largest absolute Gasteiger partial charge is 0.429 e. The second-order valence-corrected chi connectivity index (χ2v) is 4.24. The number of rotatable bonds is 2. The second-order valence-electron chi connectivity index (χ2n) is 2.64. The maximum absolute atomic E-state index is 11.1. The van der Waals surface area contributed by atoms with E-state index in [1.54, 1.807) is 0 Å². The summed E-state index contributed by atoms with van der Waals surface area (Å²) >= 11 is 0. The maximum atomic E-state index is 11.1. The lowest BCUT2D eigenvalue weighted by atomic mass is 10.4. The van der Waals surface area contributed by atoms with E-state index in [1.165, 1.54) is 0 Å². The normalized spacial score (nSPS) is 21.9. The lowest BCUT2D eigenvalue weighted by molar-refractivity contribution is -0.170. The number of carbonyl (C=O) groups excluding carboxylic acids is 3. The van der Waals surface area contributed by atoms with Gasteiger partial charge in [0.15, 0.2) is 5.25 Å². The highest BCUT2D eigenvalue weighted by Crippen LogP contribution is 2.19. The van der Waals surface area contributed by atoms with Crippen molar-refractivity contribution in [3.8, 4) is 0 Å². The van der Waals surface area contributed by atoms with Crippen LogP contribution in [0.5, 0.6) is 0 Å². The zero-order chi connectivity index (χ0) is 11.8. The van der Waals surface area contributed by atoms with Crippen LogP contribution in [-0.2, 0) is 24.5 Å². The summed E-state index contributed by atoms with van der Waals surface area (Å²) in [4.78, 5) is 36.3. The Morgan fingerprint density at radius 3 is 2.40 bits per heavy atom. The molecule has 0 aromatic rings. The molecule has 3 amide bonds. The highest BCUT2D eigenvalue weighted by Gasteiger charge is 2.48. The predicted octanol–water partition coefficient (Wildman–Crippen LogP) is -1.99. The van der Waals surface area contributed by atoms with Crippen molar-refractivity contribution < 1.29 is 32.2 Å². The van der Waals surface area contributed by atoms with Crippen LogP contribution in [0.2, 0.25) is 0 Å². The summed E-state index contributed by atoms with van der Waals surface area (Å²) in [5.41, 5.74) is 4.53. The Morgan fingerprint density at radius 2 is 2.07 bits per heavy atom. The van der Waals surface area contributed by atoms with Crippen molar-refractivity contribution in [2.24, 2.45) is 5.73 Å². The number of primary amides is 1. The van der Waals surface area contributed by atoms with E-state index in [1.807, 2.05) is 0 Å². The fourth-order valence-corrected chi connectivity index (χ4v) is 1.70. The molecule has 0 spiro atoms. The second kappa shape index (κ2) is 3.47. The first-order valence-electron chi connectivity index (χ1n) is 3.54. The van der Waals surface area contributed by atoms with E-state index < -0.39 is 39.7 Å². The zero-order valence-electron chi connectivity index (χ0n) is 7.11. The topological polar surface area (TPSA) is 144 Å². The number of amides is 3. The summed E-state index contributed by atoms with van der Waals surface area (Å²) in [6.45, 7) is 0. The van der Waals surface area contributed by atoms with Gasteiger partial charge in [0.05, 0.1) is 6.42 Å². The monoisotopic (exact) mass is 238 g/mol. The number of carbonyl (C=O) groups is 3. The summed E-state index contributed by atoms with van der Waals surface area (Å²) in [6, 6.07) is 0. The van der Waals surface area contributed by atoms with E-state index in [0.29, 0.717) is 0 Å². The van der Waals surface area contributed by atoms with Crippen LogP contribution in [0, 0.1) is 0 Å². The molecule has 1 aliphatic rings. The number of nitrogens with zero attached hydrogens (tertiary/aromatic N) is 1. The maximum Gasteiger partial charge on any atom is 0.429 e. The molecule has 1 atom stereocenters. The molecule has 10 heteroatoms. The summed E-state index contributed by atoms with van der Waals surface area (Å²) in [5, 5.41) is -2.02. The Labute approximate surface area is 83.5 Å². The van der Waals surface area contributed by atoms with Crippen molar-refractivity contribution in [2.75, 3.05) is 0 Å². The van der Waals surface area contributed by atoms with Gasteiger partial charge < -0.3 is 10.6 Å². The van der Waals surface area contributed by atoms with Gasteiger partial charge in [0.2, 0.25) is 0 Å². The number of imide groups is 1. The Bertz CT molecular complexity index is 427. The van der Waals surface area contributed by atoms with E-state index >= 15 is 0 Å². The van der Waals surface area contributed by atoms with Crippen molar-refractivity contribution >= 4 is 28.0 Å². The Morgan fingerprint density at radius 1 is 1.53 bits per heavy atom. The smallest absolute Gasteiger partial charge is 0.333 e. The van der Waals surface area contributed by atoms with Gasteiger partial charge in [-0.3, -0.25) is 14.1 Å². The fraction of sp³-hybridized carbons (Fsp3) is 0.400. The van der Waals surface area contributed by atoms with Crippen molar-refractivity contribution in [2.45, 2.75) is 11.7 Å². The van der Waals surface area contributed by atoms with Gasteiger partial charge >= 0.3 is 6.09 Å². The van der Waals surface area contributed by atoms with Crippen molar-refractivity contribution in [1.82, 2.24) is 5.06 Å². The third kappa shape index (κ3) is 2.22. The molecule has 3 N–H and O–H groups in total. The molecule has 0 aliphatic carbocycles. The van der Waals surface area contributed by atoms with E-state index in [9.17, 15) is 22.8 Å². The van der Waals surface area contributed by atoms with Gasteiger partial charge in [-0.1, -0.05) is 5.06 Å². The zero-order valence-corrected chi connectivity index (χ0v) is 7.93.